The smallest absolute Gasteiger partial charge is 0.160 e. The fourth-order valence-corrected chi connectivity index (χ4v) is 3.70. The Kier molecular flexibility index (Phi) is 4.48. The second kappa shape index (κ2) is 6.91. The monoisotopic (exact) mass is 408 g/mol. The molecular weight excluding hydrogens is 396 g/mol. The molecule has 4 aromatic carbocycles. The lowest BCUT2D eigenvalue weighted by Crippen LogP contribution is -1.91. The van der Waals surface area contributed by atoms with Crippen molar-refractivity contribution in [2.45, 2.75) is 0 Å². The van der Waals surface area contributed by atoms with Gasteiger partial charge in [0, 0.05) is 5.56 Å². The van der Waals surface area contributed by atoms with Gasteiger partial charge in [0.25, 0.3) is 0 Å². The van der Waals surface area contributed by atoms with E-state index in [4.69, 9.17) is 16.3 Å². The summed E-state index contributed by atoms with van der Waals surface area (Å²) in [5.74, 6) is 1.40. The molecular formula is C22H14BrClO. The Morgan fingerprint density at radius 3 is 2.28 bits per heavy atom. The van der Waals surface area contributed by atoms with Crippen LogP contribution in [-0.2, 0) is 0 Å². The molecule has 0 aliphatic carbocycles. The number of hydrogen-bond donors (Lipinski definition) is 0. The summed E-state index contributed by atoms with van der Waals surface area (Å²) >= 11 is 9.87. The van der Waals surface area contributed by atoms with Gasteiger partial charge in [0.1, 0.15) is 5.75 Å². The van der Waals surface area contributed by atoms with Crippen molar-refractivity contribution in [1.29, 1.82) is 0 Å². The number of para-hydroxylation sites is 1. The van der Waals surface area contributed by atoms with Crippen molar-refractivity contribution in [2.75, 3.05) is 0 Å². The molecule has 3 heteroatoms. The van der Waals surface area contributed by atoms with Gasteiger partial charge in [-0.25, -0.2) is 0 Å². The highest BCUT2D eigenvalue weighted by Crippen LogP contribution is 2.42. The molecule has 0 N–H and O–H groups in total. The third-order valence-electron chi connectivity index (χ3n) is 4.08. The molecule has 0 saturated heterocycles. The average Bonchev–Trinajstić information content (AvgIpc) is 2.65. The molecule has 0 unspecified atom stereocenters. The number of halogens is 2. The molecule has 25 heavy (non-hydrogen) atoms. The molecule has 0 radical (unpaired) electrons. The zero-order valence-corrected chi connectivity index (χ0v) is 15.6. The Balaban J connectivity index is 1.95. The fraction of sp³-hybridized carbons (Fsp3) is 0. The quantitative estimate of drug-likeness (QED) is 0.336. The van der Waals surface area contributed by atoms with Gasteiger partial charge in [-0.1, -0.05) is 78.3 Å². The van der Waals surface area contributed by atoms with E-state index >= 15 is 0 Å². The van der Waals surface area contributed by atoms with Gasteiger partial charge in [-0.05, 0) is 50.5 Å². The normalized spacial score (nSPS) is 10.8. The van der Waals surface area contributed by atoms with Crippen molar-refractivity contribution >= 4 is 38.3 Å². The van der Waals surface area contributed by atoms with Crippen molar-refractivity contribution in [3.63, 3.8) is 0 Å². The van der Waals surface area contributed by atoms with E-state index in [0.717, 1.165) is 26.7 Å². The van der Waals surface area contributed by atoms with Crippen LogP contribution in [0.3, 0.4) is 0 Å². The van der Waals surface area contributed by atoms with Crippen molar-refractivity contribution in [2.24, 2.45) is 0 Å². The lowest BCUT2D eigenvalue weighted by Gasteiger charge is -2.16. The standard InChI is InChI=1S/C22H14BrClO/c23-18-11-6-12-19(24)22(18)25-20-14-13-15-7-4-5-10-17(15)21(20)16-8-2-1-3-9-16/h1-14H. The molecule has 0 aromatic heterocycles. The molecule has 4 aromatic rings. The molecule has 1 nitrogen and oxygen atoms in total. The summed E-state index contributed by atoms with van der Waals surface area (Å²) in [5.41, 5.74) is 2.17. The van der Waals surface area contributed by atoms with Gasteiger partial charge < -0.3 is 4.74 Å². The summed E-state index contributed by atoms with van der Waals surface area (Å²) in [6, 6.07) is 28.3. The minimum Gasteiger partial charge on any atom is -0.454 e. The Morgan fingerprint density at radius 2 is 1.48 bits per heavy atom. The first kappa shape index (κ1) is 16.2. The molecule has 0 spiro atoms. The molecule has 0 bridgehead atoms. The summed E-state index contributed by atoms with van der Waals surface area (Å²) in [5, 5.41) is 2.89. The van der Waals surface area contributed by atoms with Gasteiger partial charge in [-0.15, -0.1) is 0 Å². The van der Waals surface area contributed by atoms with Crippen molar-refractivity contribution in [3.05, 3.63) is 94.4 Å². The van der Waals surface area contributed by atoms with E-state index in [0.29, 0.717) is 10.8 Å². The lowest BCUT2D eigenvalue weighted by molar-refractivity contribution is 0.482. The predicted octanol–water partition coefficient (Wildman–Crippen LogP) is 7.72. The van der Waals surface area contributed by atoms with Gasteiger partial charge in [0.15, 0.2) is 5.75 Å². The van der Waals surface area contributed by atoms with E-state index in [1.807, 2.05) is 54.6 Å². The third-order valence-corrected chi connectivity index (χ3v) is 5.01. The second-order valence-corrected chi connectivity index (χ2v) is 6.94. The van der Waals surface area contributed by atoms with E-state index in [-0.39, 0.29) is 0 Å². The van der Waals surface area contributed by atoms with Crippen molar-refractivity contribution in [3.8, 4) is 22.6 Å². The first-order valence-electron chi connectivity index (χ1n) is 7.93. The maximum atomic E-state index is 6.34. The van der Waals surface area contributed by atoms with Gasteiger partial charge >= 0.3 is 0 Å². The van der Waals surface area contributed by atoms with E-state index in [1.54, 1.807) is 0 Å². The minimum atomic E-state index is 0.571. The fourth-order valence-electron chi connectivity index (χ4n) is 2.93. The summed E-state index contributed by atoms with van der Waals surface area (Å²) in [7, 11) is 0. The highest BCUT2D eigenvalue weighted by Gasteiger charge is 2.14. The van der Waals surface area contributed by atoms with Crippen LogP contribution >= 0.6 is 27.5 Å². The van der Waals surface area contributed by atoms with Crippen LogP contribution in [-0.4, -0.2) is 0 Å². The molecule has 0 saturated carbocycles. The number of hydrogen-bond acceptors (Lipinski definition) is 1. The first-order chi connectivity index (χ1) is 12.2. The zero-order chi connectivity index (χ0) is 17.2. The molecule has 0 amide bonds. The largest absolute Gasteiger partial charge is 0.454 e. The van der Waals surface area contributed by atoms with Crippen LogP contribution in [0.15, 0.2) is 89.4 Å². The summed E-state index contributed by atoms with van der Waals surface area (Å²) in [4.78, 5) is 0. The summed E-state index contributed by atoms with van der Waals surface area (Å²) < 4.78 is 7.08. The summed E-state index contributed by atoms with van der Waals surface area (Å²) in [6.07, 6.45) is 0. The van der Waals surface area contributed by atoms with Crippen LogP contribution in [0.1, 0.15) is 0 Å². The molecule has 0 aliphatic heterocycles. The average molecular weight is 410 g/mol. The maximum absolute atomic E-state index is 6.34. The number of rotatable bonds is 3. The van der Waals surface area contributed by atoms with E-state index in [1.165, 1.54) is 5.39 Å². The SMILES string of the molecule is Clc1cccc(Br)c1Oc1ccc2ccccc2c1-c1ccccc1. The summed E-state index contributed by atoms with van der Waals surface area (Å²) in [6.45, 7) is 0. The van der Waals surface area contributed by atoms with Crippen LogP contribution < -0.4 is 4.74 Å². The highest BCUT2D eigenvalue weighted by atomic mass is 79.9. The minimum absolute atomic E-state index is 0.571. The Morgan fingerprint density at radius 1 is 0.720 bits per heavy atom. The Hall–Kier alpha value is -2.29. The van der Waals surface area contributed by atoms with Gasteiger partial charge in [-0.3, -0.25) is 0 Å². The molecule has 0 heterocycles. The Labute approximate surface area is 160 Å². The maximum Gasteiger partial charge on any atom is 0.160 e. The van der Waals surface area contributed by atoms with Crippen LogP contribution in [0.25, 0.3) is 21.9 Å². The number of ether oxygens (including phenoxy) is 1. The zero-order valence-electron chi connectivity index (χ0n) is 13.2. The molecule has 0 aliphatic rings. The Bertz CT molecular complexity index is 1020. The lowest BCUT2D eigenvalue weighted by atomic mass is 9.97. The van der Waals surface area contributed by atoms with Crippen LogP contribution in [0.4, 0.5) is 0 Å². The number of fused-ring (bicyclic) bond motifs is 1. The third kappa shape index (κ3) is 3.15. The molecule has 0 fully saturated rings. The van der Waals surface area contributed by atoms with Crippen molar-refractivity contribution < 1.29 is 4.74 Å². The van der Waals surface area contributed by atoms with E-state index < -0.39 is 0 Å². The number of benzene rings is 4. The molecule has 122 valence electrons. The molecule has 0 atom stereocenters. The van der Waals surface area contributed by atoms with Gasteiger partial charge in [0.05, 0.1) is 9.50 Å². The first-order valence-corrected chi connectivity index (χ1v) is 9.10. The predicted molar refractivity (Wildman–Crippen MR) is 109 cm³/mol. The van der Waals surface area contributed by atoms with Crippen LogP contribution in [0.2, 0.25) is 5.02 Å². The van der Waals surface area contributed by atoms with Crippen LogP contribution in [0, 0.1) is 0 Å². The van der Waals surface area contributed by atoms with E-state index in [2.05, 4.69) is 46.3 Å². The topological polar surface area (TPSA) is 9.23 Å². The highest BCUT2D eigenvalue weighted by molar-refractivity contribution is 9.10. The van der Waals surface area contributed by atoms with Gasteiger partial charge in [-0.2, -0.15) is 0 Å². The van der Waals surface area contributed by atoms with Gasteiger partial charge in [0.2, 0.25) is 0 Å². The second-order valence-electron chi connectivity index (χ2n) is 5.68. The van der Waals surface area contributed by atoms with Crippen LogP contribution in [0.5, 0.6) is 11.5 Å². The molecule has 4 rings (SSSR count). The van der Waals surface area contributed by atoms with Crippen molar-refractivity contribution in [1.82, 2.24) is 0 Å². The van der Waals surface area contributed by atoms with E-state index in [9.17, 15) is 0 Å².